The van der Waals surface area contributed by atoms with Crippen molar-refractivity contribution in [2.75, 3.05) is 5.84 Å². The van der Waals surface area contributed by atoms with Crippen LogP contribution in [0.3, 0.4) is 0 Å². The lowest BCUT2D eigenvalue weighted by molar-refractivity contribution is -0.134. The fraction of sp³-hybridized carbons (Fsp3) is 0.353. The molecule has 1 heterocycles. The largest absolute Gasteiger partial charge is 0.507 e. The molecule has 3 aliphatic carbocycles. The van der Waals surface area contributed by atoms with Crippen molar-refractivity contribution in [2.24, 2.45) is 34.4 Å². The van der Waals surface area contributed by atoms with E-state index in [2.05, 4.69) is 5.18 Å². The lowest BCUT2D eigenvalue weighted by Crippen LogP contribution is -2.48. The lowest BCUT2D eigenvalue weighted by Gasteiger charge is -2.42. The maximum absolute atomic E-state index is 13.1. The number of hydrogen-bond acceptors (Lipinski definition) is 8. The Morgan fingerprint density at radius 1 is 1.26 bits per heavy atom. The van der Waals surface area contributed by atoms with Crippen molar-refractivity contribution in [3.05, 3.63) is 45.3 Å². The van der Waals surface area contributed by atoms with Gasteiger partial charge in [0.05, 0.1) is 5.92 Å². The number of aromatic nitrogens is 1. The van der Waals surface area contributed by atoms with Crippen molar-refractivity contribution < 1.29 is 19.5 Å². The Kier molecular flexibility index (Phi) is 3.57. The molecular weight excluding hydrogens is 354 g/mol. The summed E-state index contributed by atoms with van der Waals surface area (Å²) in [5.74, 6) is 0.653. The number of primary amides is 1. The number of aliphatic hydroxyl groups is 1. The molecule has 0 bridgehead atoms. The van der Waals surface area contributed by atoms with Crippen molar-refractivity contribution in [1.82, 2.24) is 4.68 Å². The third-order valence-corrected chi connectivity index (χ3v) is 5.76. The van der Waals surface area contributed by atoms with Gasteiger partial charge in [0.25, 0.3) is 5.91 Å². The van der Waals surface area contributed by atoms with Crippen LogP contribution in [0.25, 0.3) is 5.76 Å². The van der Waals surface area contributed by atoms with Crippen LogP contribution in [-0.2, 0) is 14.4 Å². The zero-order valence-electron chi connectivity index (χ0n) is 14.1. The van der Waals surface area contributed by atoms with Gasteiger partial charge in [0, 0.05) is 41.1 Å². The average molecular weight is 371 g/mol. The summed E-state index contributed by atoms with van der Waals surface area (Å²) in [7, 11) is 0. The number of hydrogen-bond donors (Lipinski definition) is 4. The van der Waals surface area contributed by atoms with Gasteiger partial charge in [0.15, 0.2) is 11.6 Å². The number of carbonyl (C=O) groups is 3. The van der Waals surface area contributed by atoms with Crippen LogP contribution in [0.4, 0.5) is 0 Å². The predicted octanol–water partition coefficient (Wildman–Crippen LogP) is -0.216. The van der Waals surface area contributed by atoms with Crippen LogP contribution in [-0.4, -0.2) is 27.3 Å². The smallest absolute Gasteiger partial charge is 0.254 e. The molecule has 0 spiro atoms. The van der Waals surface area contributed by atoms with Gasteiger partial charge >= 0.3 is 0 Å². The van der Waals surface area contributed by atoms with Gasteiger partial charge < -0.3 is 22.4 Å². The summed E-state index contributed by atoms with van der Waals surface area (Å²) >= 11 is 0. The summed E-state index contributed by atoms with van der Waals surface area (Å²) in [6.07, 6.45) is 3.27. The molecule has 1 saturated carbocycles. The molecule has 10 nitrogen and oxygen atoms in total. The molecule has 0 aromatic carbocycles. The van der Waals surface area contributed by atoms with Crippen LogP contribution in [0.1, 0.15) is 30.0 Å². The van der Waals surface area contributed by atoms with Gasteiger partial charge in [-0.15, -0.1) is 4.91 Å². The lowest BCUT2D eigenvalue weighted by atomic mass is 9.60. The molecule has 0 aliphatic heterocycles. The quantitative estimate of drug-likeness (QED) is 0.240. The normalized spacial score (nSPS) is 30.0. The maximum atomic E-state index is 13.1. The summed E-state index contributed by atoms with van der Waals surface area (Å²) < 4.78 is 1.24. The Labute approximate surface area is 152 Å². The van der Waals surface area contributed by atoms with Crippen molar-refractivity contribution in [2.45, 2.75) is 18.9 Å². The van der Waals surface area contributed by atoms with Gasteiger partial charge in [-0.1, -0.05) is 0 Å². The Balaban J connectivity index is 1.86. The predicted molar refractivity (Wildman–Crippen MR) is 92.8 cm³/mol. The van der Waals surface area contributed by atoms with Crippen LogP contribution < -0.4 is 17.3 Å². The van der Waals surface area contributed by atoms with Crippen LogP contribution in [0.5, 0.6) is 0 Å². The fourth-order valence-electron chi connectivity index (χ4n) is 4.61. The number of nitroso groups, excluding NO2 is 1. The van der Waals surface area contributed by atoms with Gasteiger partial charge in [-0.05, 0) is 23.9 Å². The summed E-state index contributed by atoms with van der Waals surface area (Å²) in [6.45, 7) is 0. The van der Waals surface area contributed by atoms with E-state index in [0.29, 0.717) is 11.1 Å². The number of carbonyl (C=O) groups excluding carboxylic acids is 3. The van der Waals surface area contributed by atoms with Gasteiger partial charge in [-0.2, -0.15) is 0 Å². The van der Waals surface area contributed by atoms with Crippen LogP contribution in [0.15, 0.2) is 34.4 Å². The zero-order chi connectivity index (χ0) is 19.6. The van der Waals surface area contributed by atoms with Crippen LogP contribution in [0.2, 0.25) is 0 Å². The van der Waals surface area contributed by atoms with E-state index in [1.165, 1.54) is 10.9 Å². The summed E-state index contributed by atoms with van der Waals surface area (Å²) in [5.41, 5.74) is 11.7. The highest BCUT2D eigenvalue weighted by atomic mass is 16.3. The van der Waals surface area contributed by atoms with Gasteiger partial charge in [0.2, 0.25) is 0 Å². The standard InChI is InChI=1S/C17H17N5O5/c18-13-6-1-5-2-9(21-27)12(17(19)26)16(25)10(5)15(24)11(6)14(23)8-4-22(20)3-7(8)13/h3-6,10,13,23H,1-2,18,20H2,(H2,19,26)/t5?,6-,10+,13+/m0/s1. The number of allylic oxidation sites excluding steroid dienone is 1. The van der Waals surface area contributed by atoms with Crippen molar-refractivity contribution in [3.63, 3.8) is 0 Å². The van der Waals surface area contributed by atoms with Crippen molar-refractivity contribution >= 4 is 23.2 Å². The number of fused-ring (bicyclic) bond motifs is 3. The third kappa shape index (κ3) is 2.19. The first-order chi connectivity index (χ1) is 12.8. The highest BCUT2D eigenvalue weighted by Crippen LogP contribution is 2.51. The first-order valence-corrected chi connectivity index (χ1v) is 8.37. The van der Waals surface area contributed by atoms with Gasteiger partial charge in [-0.25, -0.2) is 0 Å². The molecular formula is C17H17N5O5. The number of rotatable bonds is 2. The first-order valence-electron chi connectivity index (χ1n) is 8.37. The number of nitrogens with zero attached hydrogens (tertiary/aromatic N) is 2. The van der Waals surface area contributed by atoms with Crippen LogP contribution in [0, 0.1) is 22.7 Å². The second-order valence-corrected chi connectivity index (χ2v) is 7.15. The Hall–Kier alpha value is -3.27. The summed E-state index contributed by atoms with van der Waals surface area (Å²) in [4.78, 5) is 48.6. The first kappa shape index (κ1) is 17.2. The molecule has 1 unspecified atom stereocenters. The second-order valence-electron chi connectivity index (χ2n) is 7.15. The van der Waals surface area contributed by atoms with Crippen molar-refractivity contribution in [1.29, 1.82) is 0 Å². The molecule has 0 radical (unpaired) electrons. The molecule has 4 atom stereocenters. The van der Waals surface area contributed by atoms with E-state index in [1.807, 2.05) is 0 Å². The molecule has 10 heteroatoms. The van der Waals surface area contributed by atoms with Gasteiger partial charge in [-0.3, -0.25) is 19.1 Å². The molecule has 3 aliphatic rings. The Morgan fingerprint density at radius 2 is 1.96 bits per heavy atom. The molecule has 27 heavy (non-hydrogen) atoms. The SMILES string of the molecule is NC(=O)C1=C(N=O)CC2C[C@H]3C(=C(O)c4cn(N)cc4[C@@H]3N)C(=O)[C@@H]2C1=O. The van der Waals surface area contributed by atoms with E-state index in [9.17, 15) is 24.4 Å². The number of aliphatic hydroxyl groups excluding tert-OH is 1. The highest BCUT2D eigenvalue weighted by Gasteiger charge is 2.53. The monoisotopic (exact) mass is 371 g/mol. The number of amides is 1. The number of nitrogens with two attached hydrogens (primary N) is 3. The minimum Gasteiger partial charge on any atom is -0.507 e. The zero-order valence-corrected chi connectivity index (χ0v) is 14.1. The van der Waals surface area contributed by atoms with E-state index >= 15 is 0 Å². The Morgan fingerprint density at radius 3 is 2.59 bits per heavy atom. The minimum absolute atomic E-state index is 0.0219. The molecule has 1 amide bonds. The molecule has 1 aromatic rings. The van der Waals surface area contributed by atoms with E-state index in [-0.39, 0.29) is 29.9 Å². The molecule has 140 valence electrons. The number of ketones is 2. The maximum Gasteiger partial charge on any atom is 0.254 e. The number of Topliss-reactive ketones (excluding diaryl/α,β-unsaturated/α-hetero) is 2. The van der Waals surface area contributed by atoms with Gasteiger partial charge in [0.1, 0.15) is 17.0 Å². The molecule has 1 fully saturated rings. The Bertz CT molecular complexity index is 988. The molecule has 7 N–H and O–H groups in total. The highest BCUT2D eigenvalue weighted by molar-refractivity contribution is 6.28. The summed E-state index contributed by atoms with van der Waals surface area (Å²) in [6, 6.07) is -0.607. The van der Waals surface area contributed by atoms with Crippen molar-refractivity contribution in [3.8, 4) is 0 Å². The number of nitrogen functional groups attached to an aromatic ring is 1. The molecule has 1 aromatic heterocycles. The topological polar surface area (TPSA) is 184 Å². The van der Waals surface area contributed by atoms with Crippen LogP contribution >= 0.6 is 0 Å². The molecule has 0 saturated heterocycles. The summed E-state index contributed by atoms with van der Waals surface area (Å²) in [5, 5.41) is 13.4. The fourth-order valence-corrected chi connectivity index (χ4v) is 4.61. The average Bonchev–Trinajstić information content (AvgIpc) is 3.00. The van der Waals surface area contributed by atoms with E-state index in [1.54, 1.807) is 6.20 Å². The second kappa shape index (κ2) is 5.61. The van der Waals surface area contributed by atoms with E-state index in [0.717, 1.165) is 0 Å². The third-order valence-electron chi connectivity index (χ3n) is 5.76. The molecule has 4 rings (SSSR count). The van der Waals surface area contributed by atoms with E-state index < -0.39 is 46.8 Å². The van der Waals surface area contributed by atoms with E-state index in [4.69, 9.17) is 17.3 Å². The minimum atomic E-state index is -1.19.